The van der Waals surface area contributed by atoms with Gasteiger partial charge in [-0.3, -0.25) is 19.9 Å². The van der Waals surface area contributed by atoms with E-state index >= 15 is 0 Å². The molecule has 0 aliphatic carbocycles. The van der Waals surface area contributed by atoms with Crippen LogP contribution >= 0.6 is 11.6 Å². The molecule has 20 heavy (non-hydrogen) atoms. The number of rotatable bonds is 3. The lowest BCUT2D eigenvalue weighted by molar-refractivity contribution is -0.384. The highest BCUT2D eigenvalue weighted by Gasteiger charge is 2.14. The first-order valence-corrected chi connectivity index (χ1v) is 5.82. The lowest BCUT2D eigenvalue weighted by Gasteiger charge is -2.07. The fraction of sp³-hybridized carbons (Fsp3) is 0. The number of halogens is 1. The molecule has 1 amide bonds. The predicted molar refractivity (Wildman–Crippen MR) is 74.7 cm³/mol. The summed E-state index contributed by atoms with van der Waals surface area (Å²) in [5.74, 6) is -0.556. The van der Waals surface area contributed by atoms with Crippen molar-refractivity contribution in [1.29, 1.82) is 0 Å². The van der Waals surface area contributed by atoms with Crippen LogP contribution < -0.4 is 11.1 Å². The molecule has 3 N–H and O–H groups in total. The van der Waals surface area contributed by atoms with E-state index in [4.69, 9.17) is 17.3 Å². The number of nitro groups is 1. The normalized spacial score (nSPS) is 10.1. The van der Waals surface area contributed by atoms with Crippen LogP contribution in [0.5, 0.6) is 0 Å². The second kappa shape index (κ2) is 5.54. The predicted octanol–water partition coefficient (Wildman–Crippen LogP) is 2.48. The molecule has 0 saturated carbocycles. The number of aromatic nitrogens is 1. The zero-order chi connectivity index (χ0) is 14.7. The Kier molecular flexibility index (Phi) is 3.81. The second-order valence-electron chi connectivity index (χ2n) is 3.85. The van der Waals surface area contributed by atoms with E-state index in [9.17, 15) is 14.9 Å². The summed E-state index contributed by atoms with van der Waals surface area (Å²) in [6, 6.07) is 6.68. The van der Waals surface area contributed by atoms with Crippen molar-refractivity contribution in [2.45, 2.75) is 0 Å². The van der Waals surface area contributed by atoms with Gasteiger partial charge in [0.15, 0.2) is 0 Å². The molecular weight excluding hydrogens is 284 g/mol. The zero-order valence-corrected chi connectivity index (χ0v) is 10.8. The lowest BCUT2D eigenvalue weighted by atomic mass is 10.2. The van der Waals surface area contributed by atoms with Crippen LogP contribution in [-0.4, -0.2) is 15.8 Å². The number of pyridine rings is 1. The third-order valence-electron chi connectivity index (χ3n) is 2.43. The molecular formula is C12H9ClN4O3. The number of nitrogens with zero attached hydrogens (tertiary/aromatic N) is 2. The molecule has 0 aliphatic heterocycles. The van der Waals surface area contributed by atoms with Crippen LogP contribution in [0.15, 0.2) is 36.5 Å². The van der Waals surface area contributed by atoms with Crippen LogP contribution in [0, 0.1) is 10.1 Å². The van der Waals surface area contributed by atoms with Gasteiger partial charge >= 0.3 is 0 Å². The molecule has 0 unspecified atom stereocenters. The number of nitrogen functional groups attached to an aromatic ring is 1. The van der Waals surface area contributed by atoms with Gasteiger partial charge in [0.25, 0.3) is 11.6 Å². The van der Waals surface area contributed by atoms with E-state index in [1.807, 2.05) is 0 Å². The quantitative estimate of drug-likeness (QED) is 0.667. The number of hydrogen-bond acceptors (Lipinski definition) is 5. The van der Waals surface area contributed by atoms with Gasteiger partial charge in [0.1, 0.15) is 5.69 Å². The van der Waals surface area contributed by atoms with Crippen molar-refractivity contribution in [2.75, 3.05) is 11.1 Å². The Hall–Kier alpha value is -2.67. The number of nitrogens with one attached hydrogen (secondary N) is 1. The summed E-state index contributed by atoms with van der Waals surface area (Å²) >= 11 is 5.88. The van der Waals surface area contributed by atoms with Crippen molar-refractivity contribution in [3.63, 3.8) is 0 Å². The molecule has 1 aromatic carbocycles. The van der Waals surface area contributed by atoms with E-state index in [1.54, 1.807) is 0 Å². The van der Waals surface area contributed by atoms with E-state index in [0.29, 0.717) is 5.69 Å². The Labute approximate surface area is 118 Å². The fourth-order valence-electron chi connectivity index (χ4n) is 1.48. The van der Waals surface area contributed by atoms with Crippen molar-refractivity contribution in [2.24, 2.45) is 0 Å². The second-order valence-corrected chi connectivity index (χ2v) is 4.26. The van der Waals surface area contributed by atoms with E-state index in [0.717, 1.165) is 0 Å². The third kappa shape index (κ3) is 3.01. The van der Waals surface area contributed by atoms with E-state index in [2.05, 4.69) is 10.3 Å². The highest BCUT2D eigenvalue weighted by Crippen LogP contribution is 2.27. The molecule has 1 aromatic heterocycles. The molecule has 1 heterocycles. The summed E-state index contributed by atoms with van der Waals surface area (Å²) in [5, 5.41) is 13.3. The number of hydrogen-bond donors (Lipinski definition) is 2. The minimum atomic E-state index is -0.579. The molecule has 0 fully saturated rings. The number of carbonyl (C=O) groups excluding carboxylic acids is 1. The van der Waals surface area contributed by atoms with Gasteiger partial charge < -0.3 is 11.1 Å². The van der Waals surface area contributed by atoms with Gasteiger partial charge in [-0.15, -0.1) is 0 Å². The molecule has 102 valence electrons. The monoisotopic (exact) mass is 292 g/mol. The summed E-state index contributed by atoms with van der Waals surface area (Å²) in [6.45, 7) is 0. The molecule has 0 saturated heterocycles. The maximum atomic E-state index is 11.9. The number of anilines is 2. The van der Waals surface area contributed by atoms with Gasteiger partial charge in [-0.1, -0.05) is 11.6 Å². The summed E-state index contributed by atoms with van der Waals surface area (Å²) in [6.07, 6.45) is 1.39. The largest absolute Gasteiger partial charge is 0.399 e. The average molecular weight is 293 g/mol. The topological polar surface area (TPSA) is 111 Å². The van der Waals surface area contributed by atoms with Crippen LogP contribution in [0.1, 0.15) is 10.5 Å². The zero-order valence-electron chi connectivity index (χ0n) is 10.0. The van der Waals surface area contributed by atoms with Crippen LogP contribution in [0.4, 0.5) is 17.1 Å². The SMILES string of the molecule is Nc1ccnc(C(=O)Nc2cc([N+](=O)[O-])ccc2Cl)c1. The number of benzene rings is 1. The first kappa shape index (κ1) is 13.8. The van der Waals surface area contributed by atoms with E-state index in [-0.39, 0.29) is 22.1 Å². The minimum absolute atomic E-state index is 0.0903. The summed E-state index contributed by atoms with van der Waals surface area (Å²) in [5.41, 5.74) is 5.98. The van der Waals surface area contributed by atoms with Crippen molar-refractivity contribution in [3.8, 4) is 0 Å². The van der Waals surface area contributed by atoms with Gasteiger partial charge in [-0.25, -0.2) is 0 Å². The van der Waals surface area contributed by atoms with Crippen molar-refractivity contribution in [3.05, 3.63) is 57.4 Å². The molecule has 8 heteroatoms. The maximum absolute atomic E-state index is 11.9. The molecule has 0 bridgehead atoms. The highest BCUT2D eigenvalue weighted by molar-refractivity contribution is 6.34. The molecule has 2 rings (SSSR count). The summed E-state index contributed by atoms with van der Waals surface area (Å²) in [7, 11) is 0. The van der Waals surface area contributed by atoms with Crippen LogP contribution in [-0.2, 0) is 0 Å². The number of non-ortho nitro benzene ring substituents is 1. The van der Waals surface area contributed by atoms with Crippen LogP contribution in [0.2, 0.25) is 5.02 Å². The number of nitrogens with two attached hydrogens (primary N) is 1. The molecule has 2 aromatic rings. The average Bonchev–Trinajstić information content (AvgIpc) is 2.41. The van der Waals surface area contributed by atoms with Gasteiger partial charge in [-0.05, 0) is 18.2 Å². The Morgan fingerprint density at radius 1 is 1.35 bits per heavy atom. The summed E-state index contributed by atoms with van der Waals surface area (Å²) in [4.78, 5) is 25.9. The van der Waals surface area contributed by atoms with Gasteiger partial charge in [0.2, 0.25) is 0 Å². The van der Waals surface area contributed by atoms with Crippen molar-refractivity contribution >= 4 is 34.6 Å². The Balaban J connectivity index is 2.27. The van der Waals surface area contributed by atoms with E-state index in [1.165, 1.54) is 36.5 Å². The standard InChI is InChI=1S/C12H9ClN4O3/c13-9-2-1-8(17(19)20)6-10(9)16-12(18)11-5-7(14)3-4-15-11/h1-6H,(H2,14,15)(H,16,18). The smallest absolute Gasteiger partial charge is 0.274 e. The Bertz CT molecular complexity index is 690. The van der Waals surface area contributed by atoms with Crippen molar-refractivity contribution in [1.82, 2.24) is 4.98 Å². The first-order chi connectivity index (χ1) is 9.47. The third-order valence-corrected chi connectivity index (χ3v) is 2.76. The lowest BCUT2D eigenvalue weighted by Crippen LogP contribution is -2.14. The first-order valence-electron chi connectivity index (χ1n) is 5.44. The van der Waals surface area contributed by atoms with Crippen LogP contribution in [0.3, 0.4) is 0 Å². The molecule has 0 spiro atoms. The van der Waals surface area contributed by atoms with Crippen LogP contribution in [0.25, 0.3) is 0 Å². The maximum Gasteiger partial charge on any atom is 0.274 e. The summed E-state index contributed by atoms with van der Waals surface area (Å²) < 4.78 is 0. The number of amides is 1. The fourth-order valence-corrected chi connectivity index (χ4v) is 1.64. The van der Waals surface area contributed by atoms with Gasteiger partial charge in [0, 0.05) is 24.0 Å². The van der Waals surface area contributed by atoms with Crippen molar-refractivity contribution < 1.29 is 9.72 Å². The Morgan fingerprint density at radius 3 is 2.75 bits per heavy atom. The van der Waals surface area contributed by atoms with E-state index < -0.39 is 10.8 Å². The Morgan fingerprint density at radius 2 is 2.10 bits per heavy atom. The molecule has 0 radical (unpaired) electrons. The molecule has 0 aliphatic rings. The van der Waals surface area contributed by atoms with Gasteiger partial charge in [0.05, 0.1) is 15.6 Å². The highest BCUT2D eigenvalue weighted by atomic mass is 35.5. The molecule has 0 atom stereocenters. The molecule has 7 nitrogen and oxygen atoms in total. The number of nitro benzene ring substituents is 1. The minimum Gasteiger partial charge on any atom is -0.399 e. The number of carbonyl (C=O) groups is 1. The van der Waals surface area contributed by atoms with Gasteiger partial charge in [-0.2, -0.15) is 0 Å².